The molecule has 0 aromatic carbocycles. The lowest BCUT2D eigenvalue weighted by molar-refractivity contribution is 0.0217. The van der Waals surface area contributed by atoms with Crippen LogP contribution < -0.4 is 5.73 Å². The number of hydrogen-bond donors (Lipinski definition) is 1. The van der Waals surface area contributed by atoms with Gasteiger partial charge in [-0.1, -0.05) is 0 Å². The first-order valence-electron chi connectivity index (χ1n) is 7.69. The summed E-state index contributed by atoms with van der Waals surface area (Å²) in [5.74, 6) is 0.818. The van der Waals surface area contributed by atoms with Gasteiger partial charge < -0.3 is 10.6 Å². The second-order valence-corrected chi connectivity index (χ2v) is 9.51. The van der Waals surface area contributed by atoms with Crippen molar-refractivity contribution in [1.82, 2.24) is 9.80 Å². The maximum absolute atomic E-state index is 6.11. The summed E-state index contributed by atoms with van der Waals surface area (Å²) in [6.45, 7) is 4.34. The van der Waals surface area contributed by atoms with E-state index in [1.54, 1.807) is 0 Å². The molecule has 3 heterocycles. The van der Waals surface area contributed by atoms with Crippen LogP contribution in [-0.4, -0.2) is 49.1 Å². The second-order valence-electron chi connectivity index (χ2n) is 6.26. The Morgan fingerprint density at radius 2 is 2.19 bits per heavy atom. The summed E-state index contributed by atoms with van der Waals surface area (Å²) in [6, 6.07) is 3.38. The highest BCUT2D eigenvalue weighted by Gasteiger charge is 2.36. The minimum Gasteiger partial charge on any atom is -0.329 e. The zero-order chi connectivity index (χ0) is 15.0. The van der Waals surface area contributed by atoms with Crippen molar-refractivity contribution in [3.8, 4) is 0 Å². The van der Waals surface area contributed by atoms with Crippen LogP contribution in [0.2, 0.25) is 0 Å². The molecule has 3 atom stereocenters. The number of fused-ring (bicyclic) bond motifs is 1. The molecule has 2 N–H and O–H groups in total. The molecule has 2 aliphatic rings. The molecule has 0 aliphatic carbocycles. The molecule has 0 spiro atoms. The van der Waals surface area contributed by atoms with Gasteiger partial charge in [0.15, 0.2) is 0 Å². The SMILES string of the molecule is CN1CCCC2CN(C(CN)c3cc(Br)c(Br)s3)CCC21. The number of piperidine rings is 2. The van der Waals surface area contributed by atoms with E-state index in [1.165, 1.54) is 47.6 Å². The van der Waals surface area contributed by atoms with Crippen molar-refractivity contribution < 1.29 is 0 Å². The predicted octanol–water partition coefficient (Wildman–Crippen LogP) is 3.69. The van der Waals surface area contributed by atoms with E-state index < -0.39 is 0 Å². The zero-order valence-electron chi connectivity index (χ0n) is 12.4. The number of thiophene rings is 1. The minimum atomic E-state index is 0.366. The average Bonchev–Trinajstić information content (AvgIpc) is 2.79. The molecule has 6 heteroatoms. The number of rotatable bonds is 3. The number of nitrogens with zero attached hydrogens (tertiary/aromatic N) is 2. The molecule has 118 valence electrons. The predicted molar refractivity (Wildman–Crippen MR) is 96.8 cm³/mol. The molecule has 0 radical (unpaired) electrons. The lowest BCUT2D eigenvalue weighted by Crippen LogP contribution is -2.53. The van der Waals surface area contributed by atoms with Gasteiger partial charge in [-0.2, -0.15) is 0 Å². The first kappa shape index (κ1) is 16.4. The molecule has 2 aliphatic heterocycles. The Kier molecular flexibility index (Phi) is 5.44. The monoisotopic (exact) mass is 435 g/mol. The van der Waals surface area contributed by atoms with Crippen LogP contribution in [0.4, 0.5) is 0 Å². The van der Waals surface area contributed by atoms with Crippen molar-refractivity contribution in [2.24, 2.45) is 11.7 Å². The van der Waals surface area contributed by atoms with Crippen molar-refractivity contribution in [2.75, 3.05) is 33.2 Å². The van der Waals surface area contributed by atoms with Crippen molar-refractivity contribution in [3.63, 3.8) is 0 Å². The summed E-state index contributed by atoms with van der Waals surface area (Å²) in [5.41, 5.74) is 6.11. The normalized spacial score (nSPS) is 29.3. The Morgan fingerprint density at radius 3 is 2.86 bits per heavy atom. The Balaban J connectivity index is 1.73. The largest absolute Gasteiger partial charge is 0.329 e. The van der Waals surface area contributed by atoms with E-state index in [1.807, 2.05) is 11.3 Å². The Bertz CT molecular complexity index is 474. The second kappa shape index (κ2) is 6.97. The lowest BCUT2D eigenvalue weighted by Gasteiger charge is -2.47. The van der Waals surface area contributed by atoms with Gasteiger partial charge in [-0.05, 0) is 76.7 Å². The van der Waals surface area contributed by atoms with Gasteiger partial charge in [-0.15, -0.1) is 11.3 Å². The summed E-state index contributed by atoms with van der Waals surface area (Å²) < 4.78 is 2.32. The highest BCUT2D eigenvalue weighted by atomic mass is 79.9. The van der Waals surface area contributed by atoms with Crippen LogP contribution in [0, 0.1) is 5.92 Å². The van der Waals surface area contributed by atoms with E-state index >= 15 is 0 Å². The molecule has 0 amide bonds. The lowest BCUT2D eigenvalue weighted by atomic mass is 9.83. The molecule has 21 heavy (non-hydrogen) atoms. The number of likely N-dealkylation sites (tertiary alicyclic amines) is 2. The number of hydrogen-bond acceptors (Lipinski definition) is 4. The average molecular weight is 437 g/mol. The zero-order valence-corrected chi connectivity index (χ0v) is 16.4. The van der Waals surface area contributed by atoms with Gasteiger partial charge in [0.05, 0.1) is 9.83 Å². The third-order valence-corrected chi connectivity index (χ3v) is 8.39. The molecule has 1 aromatic heterocycles. The van der Waals surface area contributed by atoms with E-state index in [9.17, 15) is 0 Å². The molecular formula is C15H23Br2N3S. The van der Waals surface area contributed by atoms with Crippen LogP contribution in [0.3, 0.4) is 0 Å². The first-order chi connectivity index (χ1) is 10.1. The summed E-state index contributed by atoms with van der Waals surface area (Å²) >= 11 is 9.01. The van der Waals surface area contributed by atoms with Crippen LogP contribution in [0.15, 0.2) is 14.3 Å². The van der Waals surface area contributed by atoms with Gasteiger partial charge in [0.25, 0.3) is 0 Å². The summed E-state index contributed by atoms with van der Waals surface area (Å²) in [7, 11) is 2.29. The van der Waals surface area contributed by atoms with Crippen LogP contribution in [0.25, 0.3) is 0 Å². The van der Waals surface area contributed by atoms with Gasteiger partial charge in [0, 0.05) is 35.0 Å². The van der Waals surface area contributed by atoms with Crippen LogP contribution >= 0.6 is 43.2 Å². The molecule has 3 nitrogen and oxygen atoms in total. The van der Waals surface area contributed by atoms with Crippen LogP contribution in [0.5, 0.6) is 0 Å². The maximum atomic E-state index is 6.11. The van der Waals surface area contributed by atoms with Gasteiger partial charge >= 0.3 is 0 Å². The number of halogens is 2. The summed E-state index contributed by atoms with van der Waals surface area (Å²) in [4.78, 5) is 6.56. The maximum Gasteiger partial charge on any atom is 0.0843 e. The molecule has 0 saturated carbocycles. The van der Waals surface area contributed by atoms with E-state index in [4.69, 9.17) is 5.73 Å². The highest BCUT2D eigenvalue weighted by molar-refractivity contribution is 9.13. The molecule has 2 fully saturated rings. The highest BCUT2D eigenvalue weighted by Crippen LogP contribution is 2.39. The van der Waals surface area contributed by atoms with E-state index in [0.717, 1.165) is 16.4 Å². The molecule has 0 bridgehead atoms. The molecule has 1 aromatic rings. The summed E-state index contributed by atoms with van der Waals surface area (Å²) in [5, 5.41) is 0. The van der Waals surface area contributed by atoms with Gasteiger partial charge in [-0.25, -0.2) is 0 Å². The van der Waals surface area contributed by atoms with Gasteiger partial charge in [0.2, 0.25) is 0 Å². The van der Waals surface area contributed by atoms with Crippen molar-refractivity contribution >= 4 is 43.2 Å². The summed E-state index contributed by atoms with van der Waals surface area (Å²) in [6.07, 6.45) is 4.00. The third-order valence-electron chi connectivity index (χ3n) is 5.03. The van der Waals surface area contributed by atoms with E-state index in [-0.39, 0.29) is 0 Å². The fraction of sp³-hybridized carbons (Fsp3) is 0.733. The van der Waals surface area contributed by atoms with Crippen molar-refractivity contribution in [1.29, 1.82) is 0 Å². The smallest absolute Gasteiger partial charge is 0.0843 e. The first-order valence-corrected chi connectivity index (χ1v) is 10.1. The molecule has 3 rings (SSSR count). The van der Waals surface area contributed by atoms with Crippen molar-refractivity contribution in [3.05, 3.63) is 19.2 Å². The Labute approximate surface area is 148 Å². The topological polar surface area (TPSA) is 32.5 Å². The fourth-order valence-corrected chi connectivity index (χ4v) is 6.17. The Morgan fingerprint density at radius 1 is 1.38 bits per heavy atom. The molecular weight excluding hydrogens is 414 g/mol. The van der Waals surface area contributed by atoms with Crippen LogP contribution in [-0.2, 0) is 0 Å². The van der Waals surface area contributed by atoms with E-state index in [0.29, 0.717) is 12.6 Å². The minimum absolute atomic E-state index is 0.366. The van der Waals surface area contributed by atoms with Gasteiger partial charge in [-0.3, -0.25) is 4.90 Å². The van der Waals surface area contributed by atoms with Gasteiger partial charge in [0.1, 0.15) is 0 Å². The molecule has 3 unspecified atom stereocenters. The third kappa shape index (κ3) is 3.40. The van der Waals surface area contributed by atoms with Crippen molar-refractivity contribution in [2.45, 2.75) is 31.3 Å². The van der Waals surface area contributed by atoms with Crippen LogP contribution in [0.1, 0.15) is 30.2 Å². The van der Waals surface area contributed by atoms with E-state index in [2.05, 4.69) is 54.8 Å². The number of nitrogens with two attached hydrogens (primary N) is 1. The quantitative estimate of drug-likeness (QED) is 0.784. The standard InChI is InChI=1S/C15H23Br2N3S/c1-19-5-2-3-10-9-20(6-4-12(10)19)13(8-18)14-7-11(16)15(17)21-14/h7,10,12-13H,2-6,8-9,18H2,1H3. The fourth-order valence-electron chi connectivity index (χ4n) is 3.94. The Hall–Kier alpha value is 0.540. The molecule has 2 saturated heterocycles.